The number of hydrogen-bond acceptors (Lipinski definition) is 5. The molecule has 0 saturated carbocycles. The number of carbonyl (C=O) groups excluding carboxylic acids is 2. The average Bonchev–Trinajstić information content (AvgIpc) is 2.80. The fourth-order valence-corrected chi connectivity index (χ4v) is 4.09. The molecule has 1 aromatic rings. The third-order valence-corrected chi connectivity index (χ3v) is 5.17. The lowest BCUT2D eigenvalue weighted by Crippen LogP contribution is -2.48. The minimum Gasteiger partial charge on any atom is -0.364 e. The van der Waals surface area contributed by atoms with Crippen molar-refractivity contribution in [3.63, 3.8) is 0 Å². The van der Waals surface area contributed by atoms with Crippen LogP contribution in [0.25, 0.3) is 0 Å². The Morgan fingerprint density at radius 1 is 1.48 bits per heavy atom. The van der Waals surface area contributed by atoms with Gasteiger partial charge >= 0.3 is 0 Å². The minimum atomic E-state index is -0.501. The third kappa shape index (κ3) is 2.62. The number of aromatic nitrogens is 1. The summed E-state index contributed by atoms with van der Waals surface area (Å²) in [5.41, 5.74) is 5.57. The molecule has 0 aromatic carbocycles. The van der Waals surface area contributed by atoms with Gasteiger partial charge in [0.2, 0.25) is 5.91 Å². The lowest BCUT2D eigenvalue weighted by molar-refractivity contribution is -0.139. The number of thiazole rings is 1. The zero-order valence-electron chi connectivity index (χ0n) is 12.1. The Balaban J connectivity index is 1.83. The maximum absolute atomic E-state index is 12.5. The molecule has 6 nitrogen and oxygen atoms in total. The van der Waals surface area contributed by atoms with Crippen LogP contribution < -0.4 is 10.6 Å². The van der Waals surface area contributed by atoms with Crippen molar-refractivity contribution in [3.05, 3.63) is 11.1 Å². The van der Waals surface area contributed by atoms with Crippen molar-refractivity contribution in [2.45, 2.75) is 32.2 Å². The second-order valence-electron chi connectivity index (χ2n) is 5.74. The molecule has 2 bridgehead atoms. The molecular formula is C14H20N4O2S. The predicted molar refractivity (Wildman–Crippen MR) is 81.4 cm³/mol. The van der Waals surface area contributed by atoms with Crippen LogP contribution in [-0.4, -0.2) is 47.4 Å². The fraction of sp³-hybridized carbons (Fsp3) is 0.643. The van der Waals surface area contributed by atoms with Crippen molar-refractivity contribution < 1.29 is 9.59 Å². The summed E-state index contributed by atoms with van der Waals surface area (Å²) in [4.78, 5) is 32.2. The van der Waals surface area contributed by atoms with Crippen molar-refractivity contribution in [1.29, 1.82) is 0 Å². The van der Waals surface area contributed by atoms with Gasteiger partial charge in [0.1, 0.15) is 5.69 Å². The van der Waals surface area contributed by atoms with Crippen LogP contribution in [0.1, 0.15) is 36.7 Å². The van der Waals surface area contributed by atoms with Crippen LogP contribution in [-0.2, 0) is 4.79 Å². The second kappa shape index (κ2) is 5.63. The highest BCUT2D eigenvalue weighted by atomic mass is 32.1. The Morgan fingerprint density at radius 3 is 2.95 bits per heavy atom. The van der Waals surface area contributed by atoms with Gasteiger partial charge in [-0.05, 0) is 19.3 Å². The first-order valence-electron chi connectivity index (χ1n) is 7.41. The summed E-state index contributed by atoms with van der Waals surface area (Å²) in [6, 6.07) is 0.261. The number of hydrogen-bond donors (Lipinski definition) is 1. The quantitative estimate of drug-likeness (QED) is 0.902. The third-order valence-electron chi connectivity index (χ3n) is 4.27. The molecule has 1 aromatic heterocycles. The van der Waals surface area contributed by atoms with Crippen LogP contribution in [0.15, 0.2) is 5.38 Å². The summed E-state index contributed by atoms with van der Waals surface area (Å²) < 4.78 is 0. The number of nitrogens with zero attached hydrogens (tertiary/aromatic N) is 3. The lowest BCUT2D eigenvalue weighted by atomic mass is 9.94. The van der Waals surface area contributed by atoms with Gasteiger partial charge < -0.3 is 15.5 Å². The number of amides is 2. The van der Waals surface area contributed by atoms with Gasteiger partial charge in [0.15, 0.2) is 5.13 Å². The number of primary amides is 1. The summed E-state index contributed by atoms with van der Waals surface area (Å²) in [6.07, 6.45) is 2.99. The van der Waals surface area contributed by atoms with Crippen molar-refractivity contribution in [1.82, 2.24) is 9.88 Å². The molecule has 4 heterocycles. The molecular weight excluding hydrogens is 288 g/mol. The van der Waals surface area contributed by atoms with E-state index in [4.69, 9.17) is 5.73 Å². The Kier molecular flexibility index (Phi) is 3.84. The minimum absolute atomic E-state index is 0.0521. The summed E-state index contributed by atoms with van der Waals surface area (Å²) in [7, 11) is 0. The number of nitrogens with two attached hydrogens (primary N) is 1. The van der Waals surface area contributed by atoms with E-state index in [1.807, 2.05) is 4.90 Å². The molecule has 2 N–H and O–H groups in total. The largest absolute Gasteiger partial charge is 0.364 e. The Morgan fingerprint density at radius 2 is 2.29 bits per heavy atom. The van der Waals surface area contributed by atoms with Gasteiger partial charge in [-0.25, -0.2) is 4.98 Å². The molecule has 3 aliphatic heterocycles. The highest BCUT2D eigenvalue weighted by Gasteiger charge is 2.40. The first kappa shape index (κ1) is 14.3. The molecule has 3 aliphatic rings. The smallest absolute Gasteiger partial charge is 0.268 e. The van der Waals surface area contributed by atoms with E-state index < -0.39 is 5.91 Å². The van der Waals surface area contributed by atoms with Gasteiger partial charge in [0, 0.05) is 31.1 Å². The molecule has 7 heteroatoms. The molecule has 0 unspecified atom stereocenters. The SMILES string of the molecule is CCCN1C(=O)[C@H]2CC[C@@H]1CN(c1nc(C(N)=O)cs1)C2. The first-order valence-corrected chi connectivity index (χ1v) is 8.29. The van der Waals surface area contributed by atoms with Crippen molar-refractivity contribution in [2.24, 2.45) is 11.7 Å². The molecule has 4 rings (SSSR count). The maximum Gasteiger partial charge on any atom is 0.268 e. The van der Waals surface area contributed by atoms with Crippen LogP contribution in [0, 0.1) is 5.92 Å². The zero-order chi connectivity index (χ0) is 15.0. The average molecular weight is 308 g/mol. The zero-order valence-corrected chi connectivity index (χ0v) is 12.9. The summed E-state index contributed by atoms with van der Waals surface area (Å²) in [5, 5.41) is 2.49. The maximum atomic E-state index is 12.5. The van der Waals surface area contributed by atoms with Gasteiger partial charge in [-0.3, -0.25) is 9.59 Å². The second-order valence-corrected chi connectivity index (χ2v) is 6.58. The van der Waals surface area contributed by atoms with E-state index in [0.717, 1.165) is 37.5 Å². The highest BCUT2D eigenvalue weighted by Crippen LogP contribution is 2.32. The topological polar surface area (TPSA) is 79.5 Å². The van der Waals surface area contributed by atoms with Gasteiger partial charge in [-0.15, -0.1) is 11.3 Å². The summed E-state index contributed by atoms with van der Waals surface area (Å²) >= 11 is 1.43. The number of piperidine rings is 1. The molecule has 21 heavy (non-hydrogen) atoms. The lowest BCUT2D eigenvalue weighted by Gasteiger charge is -2.35. The number of anilines is 1. The Bertz CT molecular complexity index is 559. The molecule has 114 valence electrons. The predicted octanol–water partition coefficient (Wildman–Crippen LogP) is 1.08. The van der Waals surface area contributed by atoms with Crippen molar-refractivity contribution >= 4 is 28.3 Å². The molecule has 3 saturated heterocycles. The van der Waals surface area contributed by atoms with E-state index >= 15 is 0 Å². The van der Waals surface area contributed by atoms with Crippen molar-refractivity contribution in [2.75, 3.05) is 24.5 Å². The number of carbonyl (C=O) groups is 2. The molecule has 3 fully saturated rings. The fourth-order valence-electron chi connectivity index (χ4n) is 3.25. The van der Waals surface area contributed by atoms with Crippen LogP contribution >= 0.6 is 11.3 Å². The Hall–Kier alpha value is -1.63. The van der Waals surface area contributed by atoms with E-state index in [9.17, 15) is 9.59 Å². The molecule has 0 aliphatic carbocycles. The molecule has 0 spiro atoms. The number of fused-ring (bicyclic) bond motifs is 4. The van der Waals surface area contributed by atoms with E-state index in [1.165, 1.54) is 11.3 Å². The summed E-state index contributed by atoms with van der Waals surface area (Å²) in [6.45, 7) is 4.43. The van der Waals surface area contributed by atoms with Crippen molar-refractivity contribution in [3.8, 4) is 0 Å². The summed E-state index contributed by atoms with van der Waals surface area (Å²) in [5.74, 6) is -0.169. The monoisotopic (exact) mass is 308 g/mol. The molecule has 2 amide bonds. The van der Waals surface area contributed by atoms with Gasteiger partial charge in [-0.2, -0.15) is 0 Å². The van der Waals surface area contributed by atoms with Crippen LogP contribution in [0.3, 0.4) is 0 Å². The molecule has 0 radical (unpaired) electrons. The van der Waals surface area contributed by atoms with E-state index in [0.29, 0.717) is 12.2 Å². The highest BCUT2D eigenvalue weighted by molar-refractivity contribution is 7.13. The van der Waals surface area contributed by atoms with Gasteiger partial charge in [0.25, 0.3) is 5.91 Å². The van der Waals surface area contributed by atoms with E-state index in [-0.39, 0.29) is 17.9 Å². The first-order chi connectivity index (χ1) is 10.1. The molecule has 2 atom stereocenters. The van der Waals surface area contributed by atoms with Gasteiger partial charge in [-0.1, -0.05) is 6.92 Å². The van der Waals surface area contributed by atoms with E-state index in [2.05, 4.69) is 16.8 Å². The van der Waals surface area contributed by atoms with Gasteiger partial charge in [0.05, 0.1) is 5.92 Å². The normalized spacial score (nSPS) is 25.3. The standard InChI is InChI=1S/C14H20N4O2S/c1-2-5-18-10-4-3-9(13(18)20)6-17(7-10)14-16-11(8-21-14)12(15)19/h8-10H,2-7H2,1H3,(H2,15,19)/t9-,10+/m0/s1. The van der Waals surface area contributed by atoms with Crippen LogP contribution in [0.5, 0.6) is 0 Å². The Labute approximate surface area is 127 Å². The van der Waals surface area contributed by atoms with E-state index in [1.54, 1.807) is 5.38 Å². The van der Waals surface area contributed by atoms with Crippen LogP contribution in [0.4, 0.5) is 5.13 Å². The van der Waals surface area contributed by atoms with Crippen LogP contribution in [0.2, 0.25) is 0 Å². The number of rotatable bonds is 4.